The number of aliphatic hydroxyl groups is 1. The van der Waals surface area contributed by atoms with Gasteiger partial charge in [-0.2, -0.15) is 0 Å². The lowest BCUT2D eigenvalue weighted by Crippen LogP contribution is -2.54. The quantitative estimate of drug-likeness (QED) is 0.748. The highest BCUT2D eigenvalue weighted by molar-refractivity contribution is 7.99. The zero-order valence-electron chi connectivity index (χ0n) is 12.8. The minimum atomic E-state index is -0.0946. The summed E-state index contributed by atoms with van der Waals surface area (Å²) >= 11 is 7.85. The number of aliphatic hydroxyl groups excluding tert-OH is 1. The number of halogens is 1. The molecule has 2 unspecified atom stereocenters. The molecule has 0 radical (unpaired) electrons. The van der Waals surface area contributed by atoms with Gasteiger partial charge in [-0.3, -0.25) is 0 Å². The van der Waals surface area contributed by atoms with Gasteiger partial charge in [0.05, 0.1) is 11.6 Å². The topological polar surface area (TPSA) is 45.1 Å². The minimum absolute atomic E-state index is 0.0946. The van der Waals surface area contributed by atoms with E-state index in [0.29, 0.717) is 12.0 Å². The van der Waals surface area contributed by atoms with Crippen molar-refractivity contribution in [2.75, 3.05) is 12.4 Å². The van der Waals surface area contributed by atoms with Gasteiger partial charge in [0.1, 0.15) is 5.03 Å². The summed E-state index contributed by atoms with van der Waals surface area (Å²) in [6, 6.07) is 4.13. The molecule has 5 heteroatoms. The van der Waals surface area contributed by atoms with E-state index in [1.807, 2.05) is 12.1 Å². The maximum atomic E-state index is 9.89. The van der Waals surface area contributed by atoms with Crippen LogP contribution in [-0.4, -0.2) is 34.0 Å². The van der Waals surface area contributed by atoms with Crippen molar-refractivity contribution in [2.24, 2.45) is 5.92 Å². The summed E-state index contributed by atoms with van der Waals surface area (Å²) in [5.74, 6) is 1.52. The van der Waals surface area contributed by atoms with Gasteiger partial charge in [-0.15, -0.1) is 11.8 Å². The van der Waals surface area contributed by atoms with E-state index in [0.717, 1.165) is 28.6 Å². The Morgan fingerprint density at radius 2 is 2.38 bits per heavy atom. The maximum Gasteiger partial charge on any atom is 0.115 e. The molecule has 0 bridgehead atoms. The number of hydrogen-bond donors (Lipinski definition) is 2. The van der Waals surface area contributed by atoms with E-state index in [-0.39, 0.29) is 12.1 Å². The van der Waals surface area contributed by atoms with Crippen LogP contribution < -0.4 is 5.32 Å². The highest BCUT2D eigenvalue weighted by atomic mass is 35.5. The third kappa shape index (κ3) is 4.35. The van der Waals surface area contributed by atoms with E-state index in [1.54, 1.807) is 18.0 Å². The molecule has 2 rings (SSSR count). The molecule has 118 valence electrons. The van der Waals surface area contributed by atoms with Crippen LogP contribution in [-0.2, 0) is 0 Å². The second kappa shape index (κ2) is 7.82. The second-order valence-electron chi connectivity index (χ2n) is 6.13. The molecule has 0 amide bonds. The number of nitrogens with one attached hydrogen (secondary N) is 1. The lowest BCUT2D eigenvalue weighted by atomic mass is 9.85. The first-order chi connectivity index (χ1) is 10.1. The Hall–Kier alpha value is -0.290. The van der Waals surface area contributed by atoms with Gasteiger partial charge in [0.15, 0.2) is 0 Å². The molecule has 3 nitrogen and oxygen atoms in total. The third-order valence-electron chi connectivity index (χ3n) is 4.25. The number of aromatic nitrogens is 1. The molecular formula is C16H25ClN2OS. The van der Waals surface area contributed by atoms with Crippen molar-refractivity contribution in [2.45, 2.75) is 56.1 Å². The second-order valence-corrected chi connectivity index (χ2v) is 7.62. The maximum absolute atomic E-state index is 9.89. The third-order valence-corrected chi connectivity index (χ3v) is 5.70. The smallest absolute Gasteiger partial charge is 0.115 e. The SMILES string of the molecule is CC(C)NC1(CO)CCCC1CCSc1ncccc1Cl. The Morgan fingerprint density at radius 1 is 1.57 bits per heavy atom. The first-order valence-electron chi connectivity index (χ1n) is 7.69. The Morgan fingerprint density at radius 3 is 3.05 bits per heavy atom. The van der Waals surface area contributed by atoms with Crippen LogP contribution in [0.15, 0.2) is 23.4 Å². The normalized spacial score (nSPS) is 25.7. The predicted molar refractivity (Wildman–Crippen MR) is 90.0 cm³/mol. The van der Waals surface area contributed by atoms with Crippen LogP contribution in [0.2, 0.25) is 5.02 Å². The van der Waals surface area contributed by atoms with Crippen molar-refractivity contribution >= 4 is 23.4 Å². The van der Waals surface area contributed by atoms with Crippen LogP contribution >= 0.6 is 23.4 Å². The zero-order valence-corrected chi connectivity index (χ0v) is 14.4. The largest absolute Gasteiger partial charge is 0.394 e. The first kappa shape index (κ1) is 17.1. The average molecular weight is 329 g/mol. The van der Waals surface area contributed by atoms with E-state index in [9.17, 15) is 5.11 Å². The number of rotatable bonds is 7. The fourth-order valence-corrected chi connectivity index (χ4v) is 4.58. The number of pyridine rings is 1. The van der Waals surface area contributed by atoms with Crippen molar-refractivity contribution in [1.29, 1.82) is 0 Å². The molecule has 1 aliphatic rings. The molecule has 0 saturated heterocycles. The van der Waals surface area contributed by atoms with Gasteiger partial charge in [0.25, 0.3) is 0 Å². The lowest BCUT2D eigenvalue weighted by molar-refractivity contribution is 0.113. The van der Waals surface area contributed by atoms with Gasteiger partial charge in [-0.25, -0.2) is 4.98 Å². The van der Waals surface area contributed by atoms with Crippen molar-refractivity contribution in [3.63, 3.8) is 0 Å². The molecule has 1 saturated carbocycles. The van der Waals surface area contributed by atoms with Crippen LogP contribution in [0.4, 0.5) is 0 Å². The molecule has 1 aromatic rings. The summed E-state index contributed by atoms with van der Waals surface area (Å²) in [4.78, 5) is 4.31. The molecule has 1 heterocycles. The Bertz CT molecular complexity index is 458. The van der Waals surface area contributed by atoms with E-state index in [1.165, 1.54) is 12.8 Å². The van der Waals surface area contributed by atoms with Crippen LogP contribution in [0, 0.1) is 5.92 Å². The number of thioether (sulfide) groups is 1. The number of nitrogens with zero attached hydrogens (tertiary/aromatic N) is 1. The zero-order chi connectivity index (χ0) is 15.3. The minimum Gasteiger partial charge on any atom is -0.394 e. The fraction of sp³-hybridized carbons (Fsp3) is 0.688. The Kier molecular flexibility index (Phi) is 6.35. The van der Waals surface area contributed by atoms with Gasteiger partial charge < -0.3 is 10.4 Å². The van der Waals surface area contributed by atoms with Crippen LogP contribution in [0.1, 0.15) is 39.5 Å². The molecule has 2 atom stereocenters. The standard InChI is InChI=1S/C16H25ClN2OS/c1-12(2)19-16(11-20)8-3-5-13(16)7-10-21-15-14(17)6-4-9-18-15/h4,6,9,12-13,19-20H,3,5,7-8,10-11H2,1-2H3. The van der Waals surface area contributed by atoms with E-state index >= 15 is 0 Å². The lowest BCUT2D eigenvalue weighted by Gasteiger charge is -2.37. The summed E-state index contributed by atoms with van der Waals surface area (Å²) in [5.41, 5.74) is -0.0946. The van der Waals surface area contributed by atoms with Gasteiger partial charge >= 0.3 is 0 Å². The monoisotopic (exact) mass is 328 g/mol. The van der Waals surface area contributed by atoms with E-state index in [4.69, 9.17) is 11.6 Å². The van der Waals surface area contributed by atoms with E-state index < -0.39 is 0 Å². The van der Waals surface area contributed by atoms with Crippen LogP contribution in [0.3, 0.4) is 0 Å². The molecule has 2 N–H and O–H groups in total. The first-order valence-corrected chi connectivity index (χ1v) is 9.05. The highest BCUT2D eigenvalue weighted by Crippen LogP contribution is 2.39. The van der Waals surface area contributed by atoms with Crippen molar-refractivity contribution in [1.82, 2.24) is 10.3 Å². The molecule has 1 fully saturated rings. The summed E-state index contributed by atoms with van der Waals surface area (Å²) in [7, 11) is 0. The van der Waals surface area contributed by atoms with Gasteiger partial charge in [0.2, 0.25) is 0 Å². The molecule has 0 spiro atoms. The summed E-state index contributed by atoms with van der Waals surface area (Å²) in [6.07, 6.45) is 6.32. The molecule has 0 aliphatic heterocycles. The molecule has 1 aliphatic carbocycles. The van der Waals surface area contributed by atoms with Crippen LogP contribution in [0.25, 0.3) is 0 Å². The Balaban J connectivity index is 1.91. The molecule has 21 heavy (non-hydrogen) atoms. The summed E-state index contributed by atoms with van der Waals surface area (Å²) in [6.45, 7) is 4.52. The molecular weight excluding hydrogens is 304 g/mol. The average Bonchev–Trinajstić information content (AvgIpc) is 2.84. The van der Waals surface area contributed by atoms with Crippen molar-refractivity contribution in [3.05, 3.63) is 23.4 Å². The molecule has 0 aromatic carbocycles. The van der Waals surface area contributed by atoms with Gasteiger partial charge in [0, 0.05) is 17.8 Å². The number of hydrogen-bond acceptors (Lipinski definition) is 4. The van der Waals surface area contributed by atoms with E-state index in [2.05, 4.69) is 24.1 Å². The van der Waals surface area contributed by atoms with Crippen molar-refractivity contribution in [3.8, 4) is 0 Å². The van der Waals surface area contributed by atoms with Gasteiger partial charge in [-0.1, -0.05) is 31.9 Å². The highest BCUT2D eigenvalue weighted by Gasteiger charge is 2.42. The fourth-order valence-electron chi connectivity index (χ4n) is 3.36. The summed E-state index contributed by atoms with van der Waals surface area (Å²) < 4.78 is 0. The van der Waals surface area contributed by atoms with Crippen LogP contribution in [0.5, 0.6) is 0 Å². The molecule has 1 aromatic heterocycles. The predicted octanol–water partition coefficient (Wildman–Crippen LogP) is 3.75. The van der Waals surface area contributed by atoms with Gasteiger partial charge in [-0.05, 0) is 43.1 Å². The Labute approximate surface area is 136 Å². The summed E-state index contributed by atoms with van der Waals surface area (Å²) in [5, 5.41) is 15.1. The van der Waals surface area contributed by atoms with Crippen molar-refractivity contribution < 1.29 is 5.11 Å².